The summed E-state index contributed by atoms with van der Waals surface area (Å²) in [6.07, 6.45) is 3.90. The van der Waals surface area contributed by atoms with Crippen molar-refractivity contribution >= 4 is 17.9 Å². The molecule has 0 unspecified atom stereocenters. The number of carbonyl (C=O) groups excluding carboxylic acids is 1. The number of carbonyl (C=O) groups is 1. The average Bonchev–Trinajstić information content (AvgIpc) is 2.71. The van der Waals surface area contributed by atoms with Gasteiger partial charge < -0.3 is 9.47 Å². The fraction of sp³-hybridized carbons (Fsp3) is 0.292. The van der Waals surface area contributed by atoms with E-state index in [0.717, 1.165) is 33.8 Å². The Labute approximate surface area is 167 Å². The van der Waals surface area contributed by atoms with E-state index >= 15 is 0 Å². The molecule has 3 rings (SSSR count). The molecule has 1 fully saturated rings. The van der Waals surface area contributed by atoms with E-state index in [1.165, 1.54) is 0 Å². The van der Waals surface area contributed by atoms with Gasteiger partial charge in [0, 0.05) is 41.4 Å². The van der Waals surface area contributed by atoms with E-state index in [0.29, 0.717) is 19.1 Å². The Bertz CT molecular complexity index is 842. The first-order valence-electron chi connectivity index (χ1n) is 9.49. The summed E-state index contributed by atoms with van der Waals surface area (Å²) in [6, 6.07) is 15.8. The normalized spacial score (nSPS) is 18.1. The summed E-state index contributed by atoms with van der Waals surface area (Å²) < 4.78 is 10.9. The van der Waals surface area contributed by atoms with E-state index in [1.54, 1.807) is 14.2 Å². The van der Waals surface area contributed by atoms with Gasteiger partial charge in [-0.05, 0) is 38.1 Å². The maximum atomic E-state index is 13.3. The van der Waals surface area contributed by atoms with Gasteiger partial charge in [-0.15, -0.1) is 0 Å². The molecule has 4 nitrogen and oxygen atoms in total. The first-order valence-corrected chi connectivity index (χ1v) is 9.49. The lowest BCUT2D eigenvalue weighted by atomic mass is 9.93. The molecule has 0 amide bonds. The number of para-hydroxylation sites is 2. The van der Waals surface area contributed by atoms with Gasteiger partial charge >= 0.3 is 0 Å². The zero-order valence-electron chi connectivity index (χ0n) is 16.9. The van der Waals surface area contributed by atoms with E-state index in [9.17, 15) is 4.79 Å². The Morgan fingerprint density at radius 3 is 1.64 bits per heavy atom. The number of methoxy groups -OCH3 is 2. The second-order valence-corrected chi connectivity index (χ2v) is 7.15. The number of rotatable bonds is 5. The highest BCUT2D eigenvalue weighted by atomic mass is 16.5. The largest absolute Gasteiger partial charge is 0.496 e. The summed E-state index contributed by atoms with van der Waals surface area (Å²) in [6.45, 7) is 5.55. The highest BCUT2D eigenvalue weighted by Crippen LogP contribution is 2.28. The predicted molar refractivity (Wildman–Crippen MR) is 114 cm³/mol. The molecule has 1 aliphatic heterocycles. The summed E-state index contributed by atoms with van der Waals surface area (Å²) >= 11 is 0. The molecule has 0 bridgehead atoms. The zero-order chi connectivity index (χ0) is 20.1. The molecule has 0 saturated carbocycles. The fourth-order valence-corrected chi connectivity index (χ4v) is 3.38. The second-order valence-electron chi connectivity index (χ2n) is 7.15. The smallest absolute Gasteiger partial charge is 0.187 e. The van der Waals surface area contributed by atoms with Crippen LogP contribution in [0.1, 0.15) is 25.0 Å². The van der Waals surface area contributed by atoms with Gasteiger partial charge in [0.25, 0.3) is 0 Å². The van der Waals surface area contributed by atoms with Crippen LogP contribution in [0.5, 0.6) is 11.5 Å². The summed E-state index contributed by atoms with van der Waals surface area (Å²) in [7, 11) is 3.29. The molecule has 0 aromatic heterocycles. The maximum Gasteiger partial charge on any atom is 0.187 e. The molecular formula is C24H27NO3. The molecular weight excluding hydrogens is 350 g/mol. The number of hydrogen-bond acceptors (Lipinski definition) is 4. The summed E-state index contributed by atoms with van der Waals surface area (Å²) in [5, 5.41) is 0. The van der Waals surface area contributed by atoms with Crippen molar-refractivity contribution in [1.82, 2.24) is 4.90 Å². The Morgan fingerprint density at radius 1 is 0.821 bits per heavy atom. The van der Waals surface area contributed by atoms with Crippen LogP contribution in [0.3, 0.4) is 0 Å². The topological polar surface area (TPSA) is 38.8 Å². The number of likely N-dealkylation sites (tertiary alicyclic amines) is 1. The van der Waals surface area contributed by atoms with Crippen LogP contribution in [0.25, 0.3) is 12.2 Å². The highest BCUT2D eigenvalue weighted by Gasteiger charge is 2.28. The van der Waals surface area contributed by atoms with Crippen molar-refractivity contribution in [3.63, 3.8) is 0 Å². The standard InChI is InChI=1S/C24H27NO3/c1-17(2)25-15-20(13-18-9-5-7-11-22(18)27-3)24(26)21(16-25)14-19-10-6-8-12-23(19)28-4/h5-14,17H,15-16H2,1-4H3/b20-13+,21-14+. The van der Waals surface area contributed by atoms with E-state index in [-0.39, 0.29) is 5.78 Å². The van der Waals surface area contributed by atoms with Crippen molar-refractivity contribution < 1.29 is 14.3 Å². The Morgan fingerprint density at radius 2 is 1.25 bits per heavy atom. The summed E-state index contributed by atoms with van der Waals surface area (Å²) in [5.41, 5.74) is 3.36. The van der Waals surface area contributed by atoms with E-state index in [4.69, 9.17) is 9.47 Å². The van der Waals surface area contributed by atoms with Crippen molar-refractivity contribution in [3.8, 4) is 11.5 Å². The van der Waals surface area contributed by atoms with Gasteiger partial charge in [-0.25, -0.2) is 0 Å². The predicted octanol–water partition coefficient (Wildman–Crippen LogP) is 4.46. The van der Waals surface area contributed by atoms with Crippen LogP contribution in [0.2, 0.25) is 0 Å². The average molecular weight is 377 g/mol. The van der Waals surface area contributed by atoms with Gasteiger partial charge in [0.2, 0.25) is 0 Å². The molecule has 4 heteroatoms. The maximum absolute atomic E-state index is 13.3. The lowest BCUT2D eigenvalue weighted by Crippen LogP contribution is -2.41. The van der Waals surface area contributed by atoms with Crippen LogP contribution in [0, 0.1) is 0 Å². The number of Topliss-reactive ketones (excluding diaryl/α,β-unsaturated/α-hetero) is 1. The second kappa shape index (κ2) is 8.89. The number of piperidine rings is 1. The molecule has 0 atom stereocenters. The minimum absolute atomic E-state index is 0.0775. The third-order valence-corrected chi connectivity index (χ3v) is 5.00. The van der Waals surface area contributed by atoms with Crippen molar-refractivity contribution in [3.05, 3.63) is 70.8 Å². The molecule has 1 aliphatic rings. The molecule has 0 aliphatic carbocycles. The molecule has 146 valence electrons. The van der Waals surface area contributed by atoms with Crippen LogP contribution in [-0.2, 0) is 4.79 Å². The monoisotopic (exact) mass is 377 g/mol. The van der Waals surface area contributed by atoms with Crippen molar-refractivity contribution in [2.45, 2.75) is 19.9 Å². The van der Waals surface area contributed by atoms with E-state index in [1.807, 2.05) is 60.7 Å². The Hall–Kier alpha value is -2.85. The lowest BCUT2D eigenvalue weighted by molar-refractivity contribution is -0.113. The number of hydrogen-bond donors (Lipinski definition) is 0. The van der Waals surface area contributed by atoms with Crippen LogP contribution >= 0.6 is 0 Å². The van der Waals surface area contributed by atoms with Crippen LogP contribution in [0.4, 0.5) is 0 Å². The number of nitrogens with zero attached hydrogens (tertiary/aromatic N) is 1. The summed E-state index contributed by atoms with van der Waals surface area (Å²) in [5.74, 6) is 1.60. The first kappa shape index (κ1) is 19.9. The molecule has 0 radical (unpaired) electrons. The quantitative estimate of drug-likeness (QED) is 0.721. The molecule has 0 N–H and O–H groups in total. The van der Waals surface area contributed by atoms with Gasteiger partial charge in [0.05, 0.1) is 14.2 Å². The van der Waals surface area contributed by atoms with Gasteiger partial charge in [-0.1, -0.05) is 36.4 Å². The fourth-order valence-electron chi connectivity index (χ4n) is 3.38. The highest BCUT2D eigenvalue weighted by molar-refractivity contribution is 6.14. The SMILES string of the molecule is COc1ccccc1/C=C1\CN(C(C)C)C/C(=C\c2ccccc2OC)C1=O. The lowest BCUT2D eigenvalue weighted by Gasteiger charge is -2.33. The van der Waals surface area contributed by atoms with E-state index in [2.05, 4.69) is 18.7 Å². The summed E-state index contributed by atoms with van der Waals surface area (Å²) in [4.78, 5) is 15.6. The minimum Gasteiger partial charge on any atom is -0.496 e. The van der Waals surface area contributed by atoms with Crippen molar-refractivity contribution in [2.24, 2.45) is 0 Å². The van der Waals surface area contributed by atoms with Crippen molar-refractivity contribution in [1.29, 1.82) is 0 Å². The van der Waals surface area contributed by atoms with Gasteiger partial charge in [0.1, 0.15) is 11.5 Å². The number of benzene rings is 2. The Balaban J connectivity index is 2.03. The van der Waals surface area contributed by atoms with Gasteiger partial charge in [0.15, 0.2) is 5.78 Å². The van der Waals surface area contributed by atoms with Gasteiger partial charge in [-0.3, -0.25) is 9.69 Å². The molecule has 2 aromatic carbocycles. The third-order valence-electron chi connectivity index (χ3n) is 5.00. The molecule has 2 aromatic rings. The van der Waals surface area contributed by atoms with Crippen LogP contribution < -0.4 is 9.47 Å². The van der Waals surface area contributed by atoms with Gasteiger partial charge in [-0.2, -0.15) is 0 Å². The molecule has 0 spiro atoms. The molecule has 28 heavy (non-hydrogen) atoms. The van der Waals surface area contributed by atoms with Crippen LogP contribution in [0.15, 0.2) is 59.7 Å². The molecule has 1 saturated heterocycles. The van der Waals surface area contributed by atoms with Crippen molar-refractivity contribution in [2.75, 3.05) is 27.3 Å². The third kappa shape index (κ3) is 4.34. The molecule has 1 heterocycles. The number of ether oxygens (including phenoxy) is 2. The van der Waals surface area contributed by atoms with Crippen LogP contribution in [-0.4, -0.2) is 44.0 Å². The minimum atomic E-state index is 0.0775. The number of ketones is 1. The first-order chi connectivity index (χ1) is 13.5. The zero-order valence-corrected chi connectivity index (χ0v) is 16.9. The Kier molecular flexibility index (Phi) is 6.32. The van der Waals surface area contributed by atoms with E-state index < -0.39 is 0 Å².